The predicted molar refractivity (Wildman–Crippen MR) is 89.3 cm³/mol. The normalized spacial score (nSPS) is 11.5. The van der Waals surface area contributed by atoms with Gasteiger partial charge in [-0.3, -0.25) is 8.98 Å². The van der Waals surface area contributed by atoms with Crippen LogP contribution in [0.15, 0.2) is 41.3 Å². The molecule has 0 saturated carbocycles. The average Bonchev–Trinajstić information content (AvgIpc) is 2.44. The molecule has 0 amide bonds. The molecule has 5 heteroatoms. The summed E-state index contributed by atoms with van der Waals surface area (Å²) in [5.74, 6) is -0.337. The lowest BCUT2D eigenvalue weighted by molar-refractivity contribution is 0.0923. The second-order valence-electron chi connectivity index (χ2n) is 5.73. The maximum Gasteiger partial charge on any atom is 0.297 e. The zero-order chi connectivity index (χ0) is 17.2. The molecule has 0 radical (unpaired) electrons. The van der Waals surface area contributed by atoms with Gasteiger partial charge in [0.05, 0.1) is 4.90 Å². The Kier molecular flexibility index (Phi) is 5.02. The zero-order valence-corrected chi connectivity index (χ0v) is 14.5. The molecule has 122 valence electrons. The van der Waals surface area contributed by atoms with E-state index < -0.39 is 16.7 Å². The number of hydrogen-bond acceptors (Lipinski definition) is 4. The molecule has 2 aromatic carbocycles. The Morgan fingerprint density at radius 2 is 1.43 bits per heavy atom. The average molecular weight is 332 g/mol. The Morgan fingerprint density at radius 3 is 1.96 bits per heavy atom. The SMILES string of the molecule is Cc1ccc(S(=O)(=O)OCC(=O)c2c(C)cc(C)cc2C)cc1. The standard InChI is InChI=1S/C18H20O4S/c1-12-5-7-16(8-6-12)23(20,21)22-11-17(19)18-14(3)9-13(2)10-15(18)4/h5-10H,11H2,1-4H3. The van der Waals surface area contributed by atoms with E-state index in [0.29, 0.717) is 5.56 Å². The van der Waals surface area contributed by atoms with E-state index >= 15 is 0 Å². The fourth-order valence-electron chi connectivity index (χ4n) is 2.60. The molecule has 23 heavy (non-hydrogen) atoms. The minimum atomic E-state index is -3.93. The van der Waals surface area contributed by atoms with Gasteiger partial charge < -0.3 is 0 Å². The number of hydrogen-bond donors (Lipinski definition) is 0. The van der Waals surface area contributed by atoms with Crippen LogP contribution in [0.4, 0.5) is 0 Å². The smallest absolute Gasteiger partial charge is 0.291 e. The van der Waals surface area contributed by atoms with Crippen molar-refractivity contribution in [1.29, 1.82) is 0 Å². The van der Waals surface area contributed by atoms with E-state index in [1.54, 1.807) is 12.1 Å². The number of carbonyl (C=O) groups is 1. The number of rotatable bonds is 5. The van der Waals surface area contributed by atoms with Crippen molar-refractivity contribution in [3.8, 4) is 0 Å². The Morgan fingerprint density at radius 1 is 0.913 bits per heavy atom. The van der Waals surface area contributed by atoms with E-state index in [-0.39, 0.29) is 10.7 Å². The number of carbonyl (C=O) groups excluding carboxylic acids is 1. The van der Waals surface area contributed by atoms with Crippen molar-refractivity contribution < 1.29 is 17.4 Å². The van der Waals surface area contributed by atoms with E-state index in [1.807, 2.05) is 39.8 Å². The molecule has 0 aliphatic carbocycles. The third kappa shape index (κ3) is 4.06. The first-order valence-electron chi connectivity index (χ1n) is 7.28. The van der Waals surface area contributed by atoms with Crippen molar-refractivity contribution in [1.82, 2.24) is 0 Å². The summed E-state index contributed by atoms with van der Waals surface area (Å²) in [6, 6.07) is 10.1. The second-order valence-corrected chi connectivity index (χ2v) is 7.34. The Labute approximate surface area is 137 Å². The quantitative estimate of drug-likeness (QED) is 0.621. The minimum Gasteiger partial charge on any atom is -0.291 e. The first kappa shape index (κ1) is 17.4. The lowest BCUT2D eigenvalue weighted by atomic mass is 9.97. The van der Waals surface area contributed by atoms with Gasteiger partial charge in [0.2, 0.25) is 0 Å². The van der Waals surface area contributed by atoms with Crippen LogP contribution in [0.1, 0.15) is 32.6 Å². The predicted octanol–water partition coefficient (Wildman–Crippen LogP) is 3.51. The molecule has 0 aliphatic heterocycles. The zero-order valence-electron chi connectivity index (χ0n) is 13.7. The van der Waals surface area contributed by atoms with E-state index in [2.05, 4.69) is 0 Å². The summed E-state index contributed by atoms with van der Waals surface area (Å²) < 4.78 is 29.2. The lowest BCUT2D eigenvalue weighted by Crippen LogP contribution is -2.16. The molecule has 0 spiro atoms. The topological polar surface area (TPSA) is 60.4 Å². The molecule has 2 aromatic rings. The molecule has 0 atom stereocenters. The molecule has 0 N–H and O–H groups in total. The van der Waals surface area contributed by atoms with Crippen LogP contribution in [-0.4, -0.2) is 20.8 Å². The Balaban J connectivity index is 2.17. The van der Waals surface area contributed by atoms with Crippen LogP contribution in [0.2, 0.25) is 0 Å². The van der Waals surface area contributed by atoms with Gasteiger partial charge in [-0.25, -0.2) is 0 Å². The highest BCUT2D eigenvalue weighted by molar-refractivity contribution is 7.86. The number of benzene rings is 2. The van der Waals surface area contributed by atoms with Crippen LogP contribution in [0.25, 0.3) is 0 Å². The molecular formula is C18H20O4S. The number of ketones is 1. The first-order chi connectivity index (χ1) is 10.7. The second kappa shape index (κ2) is 6.64. The Bertz CT molecular complexity index is 811. The summed E-state index contributed by atoms with van der Waals surface area (Å²) in [6.07, 6.45) is 0. The summed E-state index contributed by atoms with van der Waals surface area (Å²) in [5, 5.41) is 0. The van der Waals surface area contributed by atoms with Gasteiger partial charge in [0.15, 0.2) is 5.78 Å². The molecule has 0 unspecified atom stereocenters. The van der Waals surface area contributed by atoms with Gasteiger partial charge in [-0.15, -0.1) is 0 Å². The number of Topliss-reactive ketones (excluding diaryl/α,β-unsaturated/α-hetero) is 1. The number of aryl methyl sites for hydroxylation is 4. The van der Waals surface area contributed by atoms with E-state index in [9.17, 15) is 13.2 Å². The maximum absolute atomic E-state index is 12.3. The Hall–Kier alpha value is -1.98. The van der Waals surface area contributed by atoms with Gasteiger partial charge >= 0.3 is 0 Å². The van der Waals surface area contributed by atoms with Gasteiger partial charge in [0, 0.05) is 5.56 Å². The summed E-state index contributed by atoms with van der Waals surface area (Å²) in [6.45, 7) is 6.99. The van der Waals surface area contributed by atoms with Gasteiger partial charge in [-0.2, -0.15) is 8.42 Å². The highest BCUT2D eigenvalue weighted by Crippen LogP contribution is 2.19. The van der Waals surface area contributed by atoms with Crippen molar-refractivity contribution in [2.45, 2.75) is 32.6 Å². The van der Waals surface area contributed by atoms with Crippen LogP contribution >= 0.6 is 0 Å². The lowest BCUT2D eigenvalue weighted by Gasteiger charge is -2.11. The van der Waals surface area contributed by atoms with Crippen molar-refractivity contribution in [3.05, 3.63) is 64.2 Å². The van der Waals surface area contributed by atoms with Crippen molar-refractivity contribution in [2.75, 3.05) is 6.61 Å². The highest BCUT2D eigenvalue weighted by Gasteiger charge is 2.19. The van der Waals surface area contributed by atoms with Gasteiger partial charge in [0.1, 0.15) is 6.61 Å². The van der Waals surface area contributed by atoms with Crippen LogP contribution in [-0.2, 0) is 14.3 Å². The van der Waals surface area contributed by atoms with Gasteiger partial charge in [0.25, 0.3) is 10.1 Å². The third-order valence-corrected chi connectivity index (χ3v) is 4.89. The fraction of sp³-hybridized carbons (Fsp3) is 0.278. The van der Waals surface area contributed by atoms with E-state index in [0.717, 1.165) is 22.3 Å². The summed E-state index contributed by atoms with van der Waals surface area (Å²) in [7, 11) is -3.93. The van der Waals surface area contributed by atoms with Crippen LogP contribution in [0.3, 0.4) is 0 Å². The van der Waals surface area contributed by atoms with Crippen molar-refractivity contribution >= 4 is 15.9 Å². The van der Waals surface area contributed by atoms with Crippen molar-refractivity contribution in [2.24, 2.45) is 0 Å². The van der Waals surface area contributed by atoms with Crippen molar-refractivity contribution in [3.63, 3.8) is 0 Å². The maximum atomic E-state index is 12.3. The molecule has 0 saturated heterocycles. The molecule has 0 bridgehead atoms. The van der Waals surface area contributed by atoms with Crippen LogP contribution in [0.5, 0.6) is 0 Å². The van der Waals surface area contributed by atoms with Crippen LogP contribution in [0, 0.1) is 27.7 Å². The van der Waals surface area contributed by atoms with Gasteiger partial charge in [-0.1, -0.05) is 35.4 Å². The summed E-state index contributed by atoms with van der Waals surface area (Å²) >= 11 is 0. The third-order valence-electron chi connectivity index (χ3n) is 3.61. The fourth-order valence-corrected chi connectivity index (χ4v) is 3.46. The van der Waals surface area contributed by atoms with E-state index in [1.165, 1.54) is 12.1 Å². The van der Waals surface area contributed by atoms with Crippen LogP contribution < -0.4 is 0 Å². The molecular weight excluding hydrogens is 312 g/mol. The largest absolute Gasteiger partial charge is 0.297 e. The minimum absolute atomic E-state index is 0.0493. The van der Waals surface area contributed by atoms with Gasteiger partial charge in [-0.05, 0) is 51.0 Å². The molecule has 2 rings (SSSR count). The highest BCUT2D eigenvalue weighted by atomic mass is 32.2. The first-order valence-corrected chi connectivity index (χ1v) is 8.68. The molecule has 0 heterocycles. The van der Waals surface area contributed by atoms with E-state index in [4.69, 9.17) is 4.18 Å². The molecule has 0 aliphatic rings. The molecule has 0 fully saturated rings. The molecule has 4 nitrogen and oxygen atoms in total. The summed E-state index contributed by atoms with van der Waals surface area (Å²) in [5.41, 5.74) is 4.18. The molecule has 0 aromatic heterocycles. The summed E-state index contributed by atoms with van der Waals surface area (Å²) in [4.78, 5) is 12.4. The monoisotopic (exact) mass is 332 g/mol.